The summed E-state index contributed by atoms with van der Waals surface area (Å²) < 4.78 is 4.01. The number of hydrogen-bond donors (Lipinski definition) is 0. The molecule has 0 bridgehead atoms. The maximum absolute atomic E-state index is 7.19. The van der Waals surface area contributed by atoms with Gasteiger partial charge >= 0.3 is 0 Å². The average molecular weight is 927 g/mol. The summed E-state index contributed by atoms with van der Waals surface area (Å²) in [7, 11) is 189. The molecule has 0 spiro atoms. The lowest BCUT2D eigenvalue weighted by atomic mass is 9.63. The third-order valence-corrected chi connectivity index (χ3v) is 15.0. The lowest BCUT2D eigenvalue weighted by molar-refractivity contribution is 0.895. The van der Waals surface area contributed by atoms with E-state index in [1.54, 1.807) is 0 Å². The molecular weight excluding hydrogens is 927 g/mol. The average Bonchev–Trinajstić information content (AvgIpc) is 4.34. The molecule has 4 heterocycles. The predicted molar refractivity (Wildman–Crippen MR) is 359 cm³/mol. The van der Waals surface area contributed by atoms with Crippen molar-refractivity contribution in [3.8, 4) is 29.0 Å². The van der Waals surface area contributed by atoms with E-state index in [9.17, 15) is 0 Å². The van der Waals surface area contributed by atoms with Crippen LogP contribution in [-0.4, -0.2) is 248 Å². The molecule has 294 valence electrons. The molecule has 6 nitrogen and oxygen atoms in total. The molecule has 0 fully saturated rings. The summed E-state index contributed by atoms with van der Waals surface area (Å²) in [5, 5.41) is 0.502. The van der Waals surface area contributed by atoms with Gasteiger partial charge in [-0.1, -0.05) is 76.5 Å². The molecule has 7 aromatic carbocycles. The van der Waals surface area contributed by atoms with E-state index in [0.717, 1.165) is 0 Å². The smallest absolute Gasteiger partial charge is 0.240 e. The molecule has 0 aliphatic carbocycles. The van der Waals surface area contributed by atoms with E-state index < -0.39 is 17.7 Å². The topological polar surface area (TPSA) is 53.5 Å². The zero-order valence-corrected chi connectivity index (χ0v) is 41.3. The minimum absolute atomic E-state index is 0.0151. The van der Waals surface area contributed by atoms with Crippen LogP contribution >= 0.6 is 0 Å². The summed E-state index contributed by atoms with van der Waals surface area (Å²) in [4.78, 5) is 15.3. The quantitative estimate of drug-likeness (QED) is 0.165. The van der Waals surface area contributed by atoms with E-state index in [1.807, 2.05) is 0 Å². The molecule has 4 aromatic heterocycles. The van der Waals surface area contributed by atoms with E-state index in [4.69, 9.17) is 235 Å². The van der Waals surface area contributed by atoms with Gasteiger partial charge in [0.15, 0.2) is 5.82 Å². The summed E-state index contributed by atoms with van der Waals surface area (Å²) in [6.45, 7) is 0. The largest absolute Gasteiger partial charge is 0.310 e. The van der Waals surface area contributed by atoms with Gasteiger partial charge < -0.3 is 4.57 Å². The minimum atomic E-state index is -0.439. The molecule has 11 aromatic rings. The Hall–Kier alpha value is -5.23. The Kier molecular flexibility index (Phi) is 13.1. The molecular formula is C45B28N6. The Morgan fingerprint density at radius 2 is 0.367 bits per heavy atom. The van der Waals surface area contributed by atoms with Gasteiger partial charge in [-0.2, -0.15) is 15.0 Å². The third kappa shape index (κ3) is 7.09. The van der Waals surface area contributed by atoms with E-state index >= 15 is 0 Å². The number of hydrogen-bond acceptors (Lipinski definition) is 3. The second-order valence-electron chi connectivity index (χ2n) is 18.9. The Morgan fingerprint density at radius 3 is 0.608 bits per heavy atom. The highest BCUT2D eigenvalue weighted by atomic mass is 15.3. The van der Waals surface area contributed by atoms with Gasteiger partial charge in [-0.15, -0.1) is 76.5 Å². The van der Waals surface area contributed by atoms with Crippen LogP contribution in [-0.2, 0) is 0 Å². The monoisotopic (exact) mass is 932 g/mol. The van der Waals surface area contributed by atoms with Crippen molar-refractivity contribution in [3.05, 3.63) is 0 Å². The highest BCUT2D eigenvalue weighted by Gasteiger charge is 2.32. The molecule has 0 aliphatic heterocycles. The summed E-state index contributed by atoms with van der Waals surface area (Å²) in [5.41, 5.74) is -5.41. The first kappa shape index (κ1) is 55.7. The summed E-state index contributed by atoms with van der Waals surface area (Å²) >= 11 is 0. The number of nitrogens with zero attached hydrogens (tertiary/aromatic N) is 6. The van der Waals surface area contributed by atoms with Gasteiger partial charge in [-0.3, -0.25) is 9.13 Å². The predicted octanol–water partition coefficient (Wildman–Crippen LogP) is -22.9. The van der Waals surface area contributed by atoms with Gasteiger partial charge in [0, 0.05) is 44.4 Å². The fourth-order valence-corrected chi connectivity index (χ4v) is 10.7. The Balaban J connectivity index is 1.47. The van der Waals surface area contributed by atoms with Crippen molar-refractivity contribution in [2.75, 3.05) is 0 Å². The van der Waals surface area contributed by atoms with Crippen LogP contribution in [0.2, 0.25) is 0 Å². The number of aromatic nitrogens is 6. The van der Waals surface area contributed by atoms with Crippen LogP contribution in [0.5, 0.6) is 0 Å². The van der Waals surface area contributed by atoms with Crippen molar-refractivity contribution in [1.29, 1.82) is 0 Å². The molecule has 79 heavy (non-hydrogen) atoms. The van der Waals surface area contributed by atoms with Crippen molar-refractivity contribution in [2.45, 2.75) is 0 Å². The van der Waals surface area contributed by atoms with Gasteiger partial charge in [-0.25, -0.2) is 0 Å². The lowest BCUT2D eigenvalue weighted by Crippen LogP contribution is -2.51. The van der Waals surface area contributed by atoms with E-state index in [0.29, 0.717) is 0 Å². The van der Waals surface area contributed by atoms with Gasteiger partial charge in [0.05, 0.1) is 0 Å². The first-order valence-electron chi connectivity index (χ1n) is 22.9. The summed E-state index contributed by atoms with van der Waals surface area (Å²) in [6.07, 6.45) is 0. The molecule has 0 N–H and O–H groups in total. The standard InChI is InChI=1S/C45B28N6/c46-8-1-2-9(47)16(54)23(61)30(68)37(2)77(36(1)29(67)22(60)15(8)53)42-7(14(52)21(59)28(66)35(42)73)43-74-44(78-38-3(10(48)17(55)24(62)31(38)69)4-11(49)18(56)25(63)32(70)39(4)78)76-45(75-43)79-40-5(12(50)19(57)26(64)33(40)71)6-13(51)20(58)27(65)34(72)41(6)79. The third-order valence-electron chi connectivity index (χ3n) is 15.0. The van der Waals surface area contributed by atoms with Crippen LogP contribution in [0.25, 0.3) is 94.4 Å². The lowest BCUT2D eigenvalue weighted by Gasteiger charge is -2.26. The van der Waals surface area contributed by atoms with Gasteiger partial charge in [0.25, 0.3) is 0 Å². The van der Waals surface area contributed by atoms with Crippen LogP contribution in [0, 0.1) is 0 Å². The SMILES string of the molecule is [B]c1c([B])c([B])c(-n2c3c([B])c([B])c([B])c([B])c3c3c([B])c([B])c([B])c([B])c32)c(-c2nc(-n3c4c([B])c([B])c([B])c([B])c4c4c([B])c([B])c([B])c([B])c43)nc(-n3c4c([B])c([B])c([B])c([B])c4c4c([B])c([B])c([B])c([B])c43)n2)c1[B]. The molecule has 0 atom stereocenters. The Morgan fingerprint density at radius 1 is 0.177 bits per heavy atom. The molecule has 0 saturated carbocycles. The van der Waals surface area contributed by atoms with Crippen molar-refractivity contribution in [2.24, 2.45) is 0 Å². The van der Waals surface area contributed by atoms with Crippen LogP contribution in [0.4, 0.5) is 0 Å². The molecule has 0 aliphatic rings. The summed E-state index contributed by atoms with van der Waals surface area (Å²) in [6, 6.07) is 0. The van der Waals surface area contributed by atoms with Crippen molar-refractivity contribution in [3.63, 3.8) is 0 Å². The number of benzene rings is 7. The second-order valence-corrected chi connectivity index (χ2v) is 18.9. The van der Waals surface area contributed by atoms with Gasteiger partial charge in [-0.05, 0) is 32.3 Å². The fourth-order valence-electron chi connectivity index (χ4n) is 10.7. The second kappa shape index (κ2) is 18.6. The normalized spacial score (nSPS) is 11.9. The zero-order valence-electron chi connectivity index (χ0n) is 41.3. The first-order valence-corrected chi connectivity index (χ1v) is 22.9. The van der Waals surface area contributed by atoms with E-state index in [1.165, 1.54) is 13.7 Å². The van der Waals surface area contributed by atoms with E-state index in [-0.39, 0.29) is 230 Å². The zero-order chi connectivity index (χ0) is 57.8. The van der Waals surface area contributed by atoms with Crippen LogP contribution in [0.1, 0.15) is 0 Å². The van der Waals surface area contributed by atoms with Crippen molar-refractivity contribution in [1.82, 2.24) is 28.7 Å². The van der Waals surface area contributed by atoms with E-state index in [2.05, 4.69) is 0 Å². The van der Waals surface area contributed by atoms with Gasteiger partial charge in [0.2, 0.25) is 11.9 Å². The van der Waals surface area contributed by atoms with Crippen molar-refractivity contribution >= 4 is 438 Å². The number of fused-ring (bicyclic) bond motifs is 9. The highest BCUT2D eigenvalue weighted by molar-refractivity contribution is 6.76. The Labute approximate surface area is 492 Å². The van der Waals surface area contributed by atoms with Crippen LogP contribution in [0.3, 0.4) is 0 Å². The maximum atomic E-state index is 7.19. The van der Waals surface area contributed by atoms with Crippen molar-refractivity contribution < 1.29 is 0 Å². The number of rotatable bonds is 4. The summed E-state index contributed by atoms with van der Waals surface area (Å²) in [5.74, 6) is -1.28. The maximum Gasteiger partial charge on any atom is 0.240 e. The van der Waals surface area contributed by atoms with Crippen LogP contribution in [0.15, 0.2) is 0 Å². The first-order chi connectivity index (χ1) is 36.9. The van der Waals surface area contributed by atoms with Gasteiger partial charge in [0.1, 0.15) is 220 Å². The minimum Gasteiger partial charge on any atom is -0.310 e. The molecule has 34 heteroatoms. The molecule has 56 radical (unpaired) electrons. The fraction of sp³-hybridized carbons (Fsp3) is 0. The van der Waals surface area contributed by atoms with Crippen LogP contribution < -0.4 is 153 Å². The highest BCUT2D eigenvalue weighted by Crippen LogP contribution is 2.33. The molecule has 0 amide bonds. The molecule has 0 saturated heterocycles. The molecule has 11 rings (SSSR count). The molecule has 0 unspecified atom stereocenters. The Bertz CT molecular complexity index is 4360.